The summed E-state index contributed by atoms with van der Waals surface area (Å²) >= 11 is 1.29. The zero-order valence-electron chi connectivity index (χ0n) is 16.2. The number of aromatic nitrogens is 1. The molecule has 1 amide bonds. The first-order valence-corrected chi connectivity index (χ1v) is 10.4. The summed E-state index contributed by atoms with van der Waals surface area (Å²) in [7, 11) is 0. The molecule has 0 radical (unpaired) electrons. The summed E-state index contributed by atoms with van der Waals surface area (Å²) in [5, 5.41) is 2.87. The monoisotopic (exact) mass is 404 g/mol. The van der Waals surface area contributed by atoms with E-state index in [4.69, 9.17) is 0 Å². The summed E-state index contributed by atoms with van der Waals surface area (Å²) in [4.78, 5) is 33.2. The van der Waals surface area contributed by atoms with Crippen molar-refractivity contribution in [1.82, 2.24) is 4.57 Å². The van der Waals surface area contributed by atoms with Gasteiger partial charge in [0.1, 0.15) is 17.9 Å². The third kappa shape index (κ3) is 2.89. The number of carbonyl (C=O) groups excluding carboxylic acids is 1. The van der Waals surface area contributed by atoms with Gasteiger partial charge in [-0.15, -0.1) is 0 Å². The van der Waals surface area contributed by atoms with Crippen molar-refractivity contribution in [2.75, 3.05) is 16.9 Å². The third-order valence-electron chi connectivity index (χ3n) is 5.41. The molecule has 1 N–H and O–H groups in total. The quantitative estimate of drug-likeness (QED) is 0.710. The number of hydrogen-bond acceptors (Lipinski definition) is 5. The molecule has 29 heavy (non-hydrogen) atoms. The molecule has 0 aliphatic carbocycles. The van der Waals surface area contributed by atoms with Crippen molar-refractivity contribution in [2.24, 2.45) is 4.99 Å². The molecule has 0 saturated heterocycles. The fourth-order valence-electron chi connectivity index (χ4n) is 3.77. The minimum atomic E-state index is -0.228. The predicted molar refractivity (Wildman–Crippen MR) is 115 cm³/mol. The van der Waals surface area contributed by atoms with Crippen LogP contribution in [0.25, 0.3) is 5.57 Å². The van der Waals surface area contributed by atoms with Crippen LogP contribution in [-0.4, -0.2) is 17.1 Å². The van der Waals surface area contributed by atoms with E-state index in [1.54, 1.807) is 4.57 Å². The Hall–Kier alpha value is -3.19. The number of carbonyl (C=O) groups is 1. The first-order valence-electron chi connectivity index (χ1n) is 9.60. The molecule has 2 aliphatic rings. The Balaban J connectivity index is 1.61. The number of fused-ring (bicyclic) bond motifs is 2. The maximum Gasteiger partial charge on any atom is 0.272 e. The van der Waals surface area contributed by atoms with Crippen LogP contribution in [0.1, 0.15) is 23.6 Å². The van der Waals surface area contributed by atoms with Gasteiger partial charge in [-0.1, -0.05) is 42.0 Å². The SMILES string of the molecule is CCc1ccc(N2CN=c3sc(=C4C(=O)Nc5ccc(C)cc54)c(=O)n3C2)cc1. The lowest BCUT2D eigenvalue weighted by molar-refractivity contribution is -0.110. The highest BCUT2D eigenvalue weighted by Crippen LogP contribution is 2.30. The molecule has 1 aromatic heterocycles. The van der Waals surface area contributed by atoms with E-state index in [0.717, 1.165) is 28.9 Å². The molecule has 0 unspecified atom stereocenters. The van der Waals surface area contributed by atoms with Crippen molar-refractivity contribution in [3.8, 4) is 0 Å². The van der Waals surface area contributed by atoms with Gasteiger partial charge in [0.2, 0.25) is 0 Å². The zero-order valence-corrected chi connectivity index (χ0v) is 17.0. The Morgan fingerprint density at radius 3 is 2.69 bits per heavy atom. The normalized spacial score (nSPS) is 16.9. The summed E-state index contributed by atoms with van der Waals surface area (Å²) in [6.45, 7) is 5.02. The minimum absolute atomic E-state index is 0.164. The number of aryl methyl sites for hydroxylation is 2. The molecule has 2 aromatic carbocycles. The van der Waals surface area contributed by atoms with Crippen molar-refractivity contribution < 1.29 is 4.79 Å². The van der Waals surface area contributed by atoms with Crippen LogP contribution in [0.4, 0.5) is 11.4 Å². The zero-order chi connectivity index (χ0) is 20.1. The summed E-state index contributed by atoms with van der Waals surface area (Å²) in [6.07, 6.45) is 0.990. The fraction of sp³-hybridized carbons (Fsp3) is 0.227. The molecular formula is C22H20N4O2S. The van der Waals surface area contributed by atoms with E-state index in [1.807, 2.05) is 25.1 Å². The molecule has 5 rings (SSSR count). The van der Waals surface area contributed by atoms with Gasteiger partial charge in [0.05, 0.1) is 5.57 Å². The third-order valence-corrected chi connectivity index (χ3v) is 6.52. The Labute approximate surface area is 171 Å². The number of rotatable bonds is 2. The summed E-state index contributed by atoms with van der Waals surface area (Å²) in [5.74, 6) is -0.228. The number of hydrogen-bond donors (Lipinski definition) is 1. The average molecular weight is 404 g/mol. The van der Waals surface area contributed by atoms with Crippen molar-refractivity contribution in [3.63, 3.8) is 0 Å². The second kappa shape index (κ2) is 6.70. The van der Waals surface area contributed by atoms with E-state index in [1.165, 1.54) is 16.9 Å². The fourth-order valence-corrected chi connectivity index (χ4v) is 4.83. The van der Waals surface area contributed by atoms with Crippen molar-refractivity contribution in [3.05, 3.63) is 78.8 Å². The maximum atomic E-state index is 13.2. The molecule has 0 atom stereocenters. The van der Waals surface area contributed by atoms with Gasteiger partial charge in [0.25, 0.3) is 11.5 Å². The minimum Gasteiger partial charge on any atom is -0.334 e. The lowest BCUT2D eigenvalue weighted by atomic mass is 10.1. The Bertz CT molecular complexity index is 1320. The highest BCUT2D eigenvalue weighted by Gasteiger charge is 2.28. The Kier molecular flexibility index (Phi) is 4.13. The summed E-state index contributed by atoms with van der Waals surface area (Å²) in [6, 6.07) is 14.1. The lowest BCUT2D eigenvalue weighted by Crippen LogP contribution is -2.43. The second-order valence-corrected chi connectivity index (χ2v) is 8.30. The van der Waals surface area contributed by atoms with Gasteiger partial charge in [-0.3, -0.25) is 14.2 Å². The second-order valence-electron chi connectivity index (χ2n) is 7.33. The smallest absolute Gasteiger partial charge is 0.272 e. The maximum absolute atomic E-state index is 13.2. The molecule has 7 heteroatoms. The summed E-state index contributed by atoms with van der Waals surface area (Å²) in [5.41, 5.74) is 5.18. The van der Waals surface area contributed by atoms with Gasteiger partial charge in [-0.05, 0) is 43.2 Å². The highest BCUT2D eigenvalue weighted by atomic mass is 32.1. The summed E-state index contributed by atoms with van der Waals surface area (Å²) < 4.78 is 2.11. The van der Waals surface area contributed by atoms with E-state index < -0.39 is 0 Å². The van der Waals surface area contributed by atoms with Crippen LogP contribution < -0.4 is 25.1 Å². The van der Waals surface area contributed by atoms with Gasteiger partial charge in [-0.25, -0.2) is 4.99 Å². The van der Waals surface area contributed by atoms with E-state index in [0.29, 0.717) is 28.2 Å². The molecule has 2 aliphatic heterocycles. The van der Waals surface area contributed by atoms with Gasteiger partial charge in [0.15, 0.2) is 4.80 Å². The van der Waals surface area contributed by atoms with Crippen LogP contribution in [0.3, 0.4) is 0 Å². The number of anilines is 2. The largest absolute Gasteiger partial charge is 0.334 e. The van der Waals surface area contributed by atoms with Crippen LogP contribution in [0.2, 0.25) is 0 Å². The number of amides is 1. The first kappa shape index (κ1) is 17.9. The van der Waals surface area contributed by atoms with Crippen molar-refractivity contribution >= 4 is 34.2 Å². The van der Waals surface area contributed by atoms with E-state index in [9.17, 15) is 9.59 Å². The first-order chi connectivity index (χ1) is 14.0. The van der Waals surface area contributed by atoms with Gasteiger partial charge in [0, 0.05) is 16.9 Å². The van der Waals surface area contributed by atoms with Gasteiger partial charge < -0.3 is 10.2 Å². The average Bonchev–Trinajstić information content (AvgIpc) is 3.23. The number of nitrogens with one attached hydrogen (secondary N) is 1. The molecule has 0 fully saturated rings. The van der Waals surface area contributed by atoms with Crippen LogP contribution >= 0.6 is 11.3 Å². The molecule has 3 aromatic rings. The molecule has 6 nitrogen and oxygen atoms in total. The van der Waals surface area contributed by atoms with Gasteiger partial charge >= 0.3 is 0 Å². The van der Waals surface area contributed by atoms with Crippen molar-refractivity contribution in [2.45, 2.75) is 26.9 Å². The van der Waals surface area contributed by atoms with Crippen LogP contribution in [0.5, 0.6) is 0 Å². The predicted octanol–water partition coefficient (Wildman–Crippen LogP) is 1.99. The van der Waals surface area contributed by atoms with Crippen LogP contribution in [0, 0.1) is 6.92 Å². The highest BCUT2D eigenvalue weighted by molar-refractivity contribution is 7.07. The van der Waals surface area contributed by atoms with E-state index in [2.05, 4.69) is 46.4 Å². The number of thiazole rings is 1. The lowest BCUT2D eigenvalue weighted by Gasteiger charge is -2.25. The topological polar surface area (TPSA) is 66.7 Å². The number of benzene rings is 2. The van der Waals surface area contributed by atoms with Gasteiger partial charge in [-0.2, -0.15) is 0 Å². The molecule has 146 valence electrons. The van der Waals surface area contributed by atoms with Crippen LogP contribution in [0.15, 0.2) is 52.3 Å². The molecule has 0 bridgehead atoms. The van der Waals surface area contributed by atoms with E-state index in [-0.39, 0.29) is 11.5 Å². The van der Waals surface area contributed by atoms with Crippen LogP contribution in [-0.2, 0) is 17.9 Å². The van der Waals surface area contributed by atoms with E-state index >= 15 is 0 Å². The number of nitrogens with zero attached hydrogens (tertiary/aromatic N) is 3. The molecular weight excluding hydrogens is 384 g/mol. The Morgan fingerprint density at radius 1 is 1.14 bits per heavy atom. The Morgan fingerprint density at radius 2 is 1.93 bits per heavy atom. The standard InChI is InChI=1S/C22H20N4O2S/c1-3-14-5-7-15(8-6-14)25-11-23-22-26(12-25)21(28)19(29-22)18-16-10-13(2)4-9-17(16)24-20(18)27/h4-10H,3,11-12H2,1-2H3,(H,24,27). The molecule has 0 spiro atoms. The molecule has 3 heterocycles. The van der Waals surface area contributed by atoms with Crippen molar-refractivity contribution in [1.29, 1.82) is 0 Å². The molecule has 0 saturated carbocycles.